The fourth-order valence-corrected chi connectivity index (χ4v) is 3.98. The summed E-state index contributed by atoms with van der Waals surface area (Å²) < 4.78 is 52.8. The van der Waals surface area contributed by atoms with Crippen LogP contribution < -0.4 is 5.32 Å². The van der Waals surface area contributed by atoms with Crippen molar-refractivity contribution in [3.05, 3.63) is 59.4 Å². The zero-order valence-corrected chi connectivity index (χ0v) is 18.4. The monoisotopic (exact) mass is 459 g/mol. The molecule has 1 saturated carbocycles. The Morgan fingerprint density at radius 1 is 1.30 bits per heavy atom. The van der Waals surface area contributed by atoms with Gasteiger partial charge >= 0.3 is 6.18 Å². The second-order valence-electron chi connectivity index (χ2n) is 8.48. The van der Waals surface area contributed by atoms with E-state index in [0.717, 1.165) is 22.4 Å². The first kappa shape index (κ1) is 23.0. The molecule has 1 aliphatic rings. The number of aryl methyl sites for hydroxylation is 1. The maximum absolute atomic E-state index is 13.2. The van der Waals surface area contributed by atoms with E-state index in [-0.39, 0.29) is 24.7 Å². The van der Waals surface area contributed by atoms with Crippen LogP contribution in [0.5, 0.6) is 0 Å². The van der Waals surface area contributed by atoms with Gasteiger partial charge in [0.25, 0.3) is 0 Å². The Labute approximate surface area is 189 Å². The standard InChI is InChI=1S/C25H25F4N3O/c1-3-4-16-10-21(30-8-7-25(27,28)29)24-31-13-22(32(24)14-16)17-5-6-19(15(2)9-17)23(33)12-18-11-20(18)26/h3-6,9-10,13-14,18,20,30H,7-8,11-12H2,1-2H3/b4-3+/t18?,20-/m0/s1. The van der Waals surface area contributed by atoms with Gasteiger partial charge in [-0.2, -0.15) is 13.2 Å². The van der Waals surface area contributed by atoms with Crippen molar-refractivity contribution in [2.24, 2.45) is 5.92 Å². The summed E-state index contributed by atoms with van der Waals surface area (Å²) in [6.45, 7) is 3.45. The number of anilines is 1. The Morgan fingerprint density at radius 2 is 2.06 bits per heavy atom. The van der Waals surface area contributed by atoms with Gasteiger partial charge in [-0.25, -0.2) is 9.37 Å². The van der Waals surface area contributed by atoms with E-state index in [1.807, 2.05) is 48.7 Å². The molecular formula is C25H25F4N3O. The molecule has 1 N–H and O–H groups in total. The van der Waals surface area contributed by atoms with Crippen LogP contribution in [-0.2, 0) is 0 Å². The molecule has 1 fully saturated rings. The molecule has 0 aliphatic heterocycles. The Morgan fingerprint density at radius 3 is 2.70 bits per heavy atom. The zero-order chi connectivity index (χ0) is 23.8. The zero-order valence-electron chi connectivity index (χ0n) is 18.4. The maximum Gasteiger partial charge on any atom is 0.390 e. The average molecular weight is 459 g/mol. The number of carbonyl (C=O) groups excluding carboxylic acids is 1. The van der Waals surface area contributed by atoms with E-state index in [4.69, 9.17) is 0 Å². The van der Waals surface area contributed by atoms with Crippen LogP contribution in [0.3, 0.4) is 0 Å². The van der Waals surface area contributed by atoms with Gasteiger partial charge in [0.05, 0.1) is 24.0 Å². The SMILES string of the molecule is C/C=C/c1cc(NCCC(F)(F)F)c2ncc(-c3ccc(C(=O)CC4C[C@@H]4F)c(C)c3)n2c1. The van der Waals surface area contributed by atoms with Crippen molar-refractivity contribution in [2.45, 2.75) is 45.5 Å². The number of hydrogen-bond donors (Lipinski definition) is 1. The number of nitrogens with one attached hydrogen (secondary N) is 1. The summed E-state index contributed by atoms with van der Waals surface area (Å²) in [5, 5.41) is 2.86. The summed E-state index contributed by atoms with van der Waals surface area (Å²) in [6.07, 6.45) is 1.87. The molecule has 3 aromatic rings. The second-order valence-corrected chi connectivity index (χ2v) is 8.48. The van der Waals surface area contributed by atoms with E-state index < -0.39 is 18.8 Å². The van der Waals surface area contributed by atoms with Crippen molar-refractivity contribution < 1.29 is 22.4 Å². The van der Waals surface area contributed by atoms with Gasteiger partial charge < -0.3 is 5.32 Å². The number of aromatic nitrogens is 2. The number of imidazole rings is 1. The number of Topliss-reactive ketones (excluding diaryl/α,β-unsaturated/α-hetero) is 1. The van der Waals surface area contributed by atoms with E-state index in [0.29, 0.717) is 23.3 Å². The number of allylic oxidation sites excluding steroid dienone is 1. The lowest BCUT2D eigenvalue weighted by molar-refractivity contribution is -0.131. The number of pyridine rings is 1. The fourth-order valence-electron chi connectivity index (χ4n) is 3.98. The van der Waals surface area contributed by atoms with Crippen LogP contribution in [0.25, 0.3) is 23.0 Å². The largest absolute Gasteiger partial charge is 0.390 e. The molecule has 33 heavy (non-hydrogen) atoms. The molecule has 1 aliphatic carbocycles. The van der Waals surface area contributed by atoms with E-state index in [1.165, 1.54) is 0 Å². The van der Waals surface area contributed by atoms with E-state index in [1.54, 1.807) is 18.3 Å². The molecule has 2 heterocycles. The van der Waals surface area contributed by atoms with Gasteiger partial charge in [-0.3, -0.25) is 9.20 Å². The highest BCUT2D eigenvalue weighted by atomic mass is 19.4. The third kappa shape index (κ3) is 5.26. The van der Waals surface area contributed by atoms with Crippen LogP contribution >= 0.6 is 0 Å². The van der Waals surface area contributed by atoms with Gasteiger partial charge in [0, 0.05) is 36.2 Å². The van der Waals surface area contributed by atoms with Crippen molar-refractivity contribution in [1.29, 1.82) is 0 Å². The summed E-state index contributed by atoms with van der Waals surface area (Å²) in [7, 11) is 0. The summed E-state index contributed by atoms with van der Waals surface area (Å²) >= 11 is 0. The predicted molar refractivity (Wildman–Crippen MR) is 121 cm³/mol. The van der Waals surface area contributed by atoms with Crippen molar-refractivity contribution in [3.63, 3.8) is 0 Å². The quantitative estimate of drug-likeness (QED) is 0.304. The lowest BCUT2D eigenvalue weighted by Gasteiger charge is -2.12. The highest BCUT2D eigenvalue weighted by molar-refractivity contribution is 5.98. The lowest BCUT2D eigenvalue weighted by Crippen LogP contribution is -2.15. The summed E-state index contributed by atoms with van der Waals surface area (Å²) in [5.41, 5.74) is 4.78. The Hall–Kier alpha value is -3.16. The molecule has 2 atom stereocenters. The number of hydrogen-bond acceptors (Lipinski definition) is 3. The first-order valence-corrected chi connectivity index (χ1v) is 10.9. The maximum atomic E-state index is 13.2. The summed E-state index contributed by atoms with van der Waals surface area (Å²) in [4.78, 5) is 17.0. The molecule has 174 valence electrons. The van der Waals surface area contributed by atoms with Crippen molar-refractivity contribution >= 4 is 23.2 Å². The van der Waals surface area contributed by atoms with Crippen molar-refractivity contribution in [3.8, 4) is 11.3 Å². The molecule has 0 bridgehead atoms. The van der Waals surface area contributed by atoms with Crippen LogP contribution in [0.2, 0.25) is 0 Å². The van der Waals surface area contributed by atoms with E-state index >= 15 is 0 Å². The number of nitrogens with zero attached hydrogens (tertiary/aromatic N) is 2. The number of alkyl halides is 4. The minimum Gasteiger partial charge on any atom is -0.382 e. The minimum absolute atomic E-state index is 0.0612. The molecule has 0 saturated heterocycles. The Bertz CT molecular complexity index is 1210. The molecule has 0 amide bonds. The average Bonchev–Trinajstić information content (AvgIpc) is 3.25. The topological polar surface area (TPSA) is 46.4 Å². The minimum atomic E-state index is -4.24. The molecule has 2 aromatic heterocycles. The van der Waals surface area contributed by atoms with Gasteiger partial charge in [-0.1, -0.05) is 24.3 Å². The Balaban J connectivity index is 1.66. The molecule has 8 heteroatoms. The van der Waals surface area contributed by atoms with Crippen LogP contribution in [0.1, 0.15) is 47.7 Å². The number of fused-ring (bicyclic) bond motifs is 1. The predicted octanol–water partition coefficient (Wildman–Crippen LogP) is 6.64. The third-order valence-corrected chi connectivity index (χ3v) is 5.82. The lowest BCUT2D eigenvalue weighted by atomic mass is 9.98. The van der Waals surface area contributed by atoms with Crippen LogP contribution in [0, 0.1) is 12.8 Å². The van der Waals surface area contributed by atoms with Crippen molar-refractivity contribution in [2.75, 3.05) is 11.9 Å². The third-order valence-electron chi connectivity index (χ3n) is 5.82. The molecule has 1 unspecified atom stereocenters. The molecule has 4 nitrogen and oxygen atoms in total. The number of halogens is 4. The van der Waals surface area contributed by atoms with Crippen molar-refractivity contribution in [1.82, 2.24) is 9.38 Å². The fraction of sp³-hybridized carbons (Fsp3) is 0.360. The highest BCUT2D eigenvalue weighted by Crippen LogP contribution is 2.38. The number of benzene rings is 1. The number of ketones is 1. The van der Waals surface area contributed by atoms with Gasteiger partial charge in [-0.15, -0.1) is 0 Å². The molecule has 1 aromatic carbocycles. The first-order valence-electron chi connectivity index (χ1n) is 10.9. The highest BCUT2D eigenvalue weighted by Gasteiger charge is 2.39. The second kappa shape index (κ2) is 9.00. The smallest absolute Gasteiger partial charge is 0.382 e. The van der Waals surface area contributed by atoms with Gasteiger partial charge in [-0.05, 0) is 43.5 Å². The number of rotatable bonds is 8. The molecule has 0 radical (unpaired) electrons. The normalized spacial score (nSPS) is 18.2. The first-order chi connectivity index (χ1) is 15.7. The van der Waals surface area contributed by atoms with E-state index in [9.17, 15) is 22.4 Å². The molecule has 4 rings (SSSR count). The van der Waals surface area contributed by atoms with Crippen LogP contribution in [0.4, 0.5) is 23.2 Å². The molecule has 0 spiro atoms. The number of carbonyl (C=O) groups is 1. The molecular weight excluding hydrogens is 434 g/mol. The Kier molecular flexibility index (Phi) is 6.28. The van der Waals surface area contributed by atoms with Gasteiger partial charge in [0.1, 0.15) is 6.17 Å². The van der Waals surface area contributed by atoms with Crippen LogP contribution in [0.15, 0.2) is 42.7 Å². The van der Waals surface area contributed by atoms with E-state index in [2.05, 4.69) is 10.3 Å². The van der Waals surface area contributed by atoms with Crippen LogP contribution in [-0.4, -0.2) is 34.1 Å². The van der Waals surface area contributed by atoms with Gasteiger partial charge in [0.2, 0.25) is 0 Å². The summed E-state index contributed by atoms with van der Waals surface area (Å²) in [6, 6.07) is 7.23. The van der Waals surface area contributed by atoms with Gasteiger partial charge in [0.15, 0.2) is 11.4 Å². The summed E-state index contributed by atoms with van der Waals surface area (Å²) in [5.74, 6) is -0.225.